The number of rotatable bonds is 71. The molecule has 0 rings (SSSR count). The fourth-order valence-electron chi connectivity index (χ4n) is 12.1. The highest BCUT2D eigenvalue weighted by Gasteiger charge is 2.20. The van der Waals surface area contributed by atoms with Gasteiger partial charge < -0.3 is 20.3 Å². The second-order valence-corrected chi connectivity index (χ2v) is 26.0. The lowest BCUT2D eigenvalue weighted by atomic mass is 10.0. The summed E-state index contributed by atoms with van der Waals surface area (Å²) in [7, 11) is 0. The van der Waals surface area contributed by atoms with E-state index in [4.69, 9.17) is 4.74 Å². The van der Waals surface area contributed by atoms with E-state index in [1.165, 1.54) is 360 Å². The molecule has 2 unspecified atom stereocenters. The van der Waals surface area contributed by atoms with Crippen LogP contribution in [0, 0.1) is 0 Å². The Kier molecular flexibility index (Phi) is 69.9. The van der Waals surface area contributed by atoms with Crippen LogP contribution in [0.1, 0.15) is 431 Å². The normalized spacial score (nSPS) is 12.5. The van der Waals surface area contributed by atoms with Crippen LogP contribution in [0.4, 0.5) is 0 Å². The third-order valence-electron chi connectivity index (χ3n) is 17.8. The molecule has 0 radical (unpaired) electrons. The topological polar surface area (TPSA) is 95.9 Å². The first-order valence-corrected chi connectivity index (χ1v) is 37.4. The summed E-state index contributed by atoms with van der Waals surface area (Å²) in [4.78, 5) is 24.6. The summed E-state index contributed by atoms with van der Waals surface area (Å²) >= 11 is 0. The van der Waals surface area contributed by atoms with E-state index in [0.717, 1.165) is 38.5 Å². The molecule has 0 aliphatic carbocycles. The zero-order chi connectivity index (χ0) is 58.5. The Bertz CT molecular complexity index is 1220. The highest BCUT2D eigenvalue weighted by Crippen LogP contribution is 2.20. The third-order valence-corrected chi connectivity index (χ3v) is 17.8. The molecule has 3 N–H and O–H groups in total. The first kappa shape index (κ1) is 79.6. The monoisotopic (exact) mass is 1140 g/mol. The van der Waals surface area contributed by atoms with Gasteiger partial charge in [-0.15, -0.1) is 0 Å². The standard InChI is InChI=1S/C75H147NO5/c1-3-5-7-9-11-13-15-17-19-20-34-37-40-43-47-51-55-59-63-67-73(78)72(71-77)76-74(79)68-64-60-56-52-48-44-41-38-35-32-30-28-26-24-22-21-23-25-27-29-31-33-36-39-42-46-50-54-58-62-66-70-81-75(80)69-65-61-57-53-49-45-18-16-14-12-10-8-6-4-2/h23,25,72-73,77-78H,3-22,24,26-71H2,1-2H3,(H,76,79)/b25-23-. The van der Waals surface area contributed by atoms with Gasteiger partial charge in [0.05, 0.1) is 25.4 Å². The minimum Gasteiger partial charge on any atom is -0.466 e. The lowest BCUT2D eigenvalue weighted by molar-refractivity contribution is -0.143. The Labute approximate surface area is 508 Å². The summed E-state index contributed by atoms with van der Waals surface area (Å²) < 4.78 is 5.50. The van der Waals surface area contributed by atoms with Crippen LogP contribution in [-0.4, -0.2) is 47.4 Å². The average Bonchev–Trinajstić information content (AvgIpc) is 3.47. The van der Waals surface area contributed by atoms with Crippen LogP contribution in [-0.2, 0) is 14.3 Å². The lowest BCUT2D eigenvalue weighted by Crippen LogP contribution is -2.45. The van der Waals surface area contributed by atoms with Gasteiger partial charge in [-0.2, -0.15) is 0 Å². The first-order chi connectivity index (χ1) is 40.0. The highest BCUT2D eigenvalue weighted by molar-refractivity contribution is 5.76. The molecule has 1 amide bonds. The number of hydrogen-bond acceptors (Lipinski definition) is 5. The van der Waals surface area contributed by atoms with Crippen LogP contribution in [0.25, 0.3) is 0 Å². The number of nitrogens with one attached hydrogen (secondary N) is 1. The number of carbonyl (C=O) groups excluding carboxylic acids is 2. The van der Waals surface area contributed by atoms with Crippen LogP contribution < -0.4 is 5.32 Å². The van der Waals surface area contributed by atoms with Crippen LogP contribution in [0.2, 0.25) is 0 Å². The van der Waals surface area contributed by atoms with E-state index in [1.807, 2.05) is 0 Å². The number of carbonyl (C=O) groups is 2. The molecule has 0 heterocycles. The van der Waals surface area contributed by atoms with E-state index in [1.54, 1.807) is 0 Å². The Morgan fingerprint density at radius 3 is 0.877 bits per heavy atom. The van der Waals surface area contributed by atoms with Crippen molar-refractivity contribution in [2.75, 3.05) is 13.2 Å². The molecular weight excluding hydrogens is 995 g/mol. The zero-order valence-electron chi connectivity index (χ0n) is 55.3. The zero-order valence-corrected chi connectivity index (χ0v) is 55.3. The van der Waals surface area contributed by atoms with Gasteiger partial charge in [-0.05, 0) is 51.4 Å². The fraction of sp³-hybridized carbons (Fsp3) is 0.947. The van der Waals surface area contributed by atoms with Crippen molar-refractivity contribution >= 4 is 11.9 Å². The molecule has 0 fully saturated rings. The first-order valence-electron chi connectivity index (χ1n) is 37.4. The molecule has 0 aliphatic rings. The molecule has 482 valence electrons. The van der Waals surface area contributed by atoms with Crippen molar-refractivity contribution in [2.24, 2.45) is 0 Å². The van der Waals surface area contributed by atoms with Gasteiger partial charge in [0, 0.05) is 12.8 Å². The van der Waals surface area contributed by atoms with Gasteiger partial charge in [0.25, 0.3) is 0 Å². The van der Waals surface area contributed by atoms with E-state index < -0.39 is 12.1 Å². The molecular formula is C75H147NO5. The number of allylic oxidation sites excluding steroid dienone is 2. The van der Waals surface area contributed by atoms with Crippen molar-refractivity contribution in [2.45, 2.75) is 443 Å². The van der Waals surface area contributed by atoms with Crippen LogP contribution in [0.15, 0.2) is 12.2 Å². The number of esters is 1. The number of amides is 1. The molecule has 0 aromatic rings. The van der Waals surface area contributed by atoms with Crippen molar-refractivity contribution in [3.63, 3.8) is 0 Å². The van der Waals surface area contributed by atoms with Crippen LogP contribution in [0.3, 0.4) is 0 Å². The van der Waals surface area contributed by atoms with Gasteiger partial charge in [-0.3, -0.25) is 9.59 Å². The molecule has 6 heteroatoms. The van der Waals surface area contributed by atoms with Crippen molar-refractivity contribution < 1.29 is 24.5 Å². The molecule has 6 nitrogen and oxygen atoms in total. The second-order valence-electron chi connectivity index (χ2n) is 26.0. The summed E-state index contributed by atoms with van der Waals surface area (Å²) in [6, 6.07) is -0.540. The predicted octanol–water partition coefficient (Wildman–Crippen LogP) is 24.3. The number of aliphatic hydroxyl groups excluding tert-OH is 2. The van der Waals surface area contributed by atoms with Crippen molar-refractivity contribution in [3.05, 3.63) is 12.2 Å². The number of unbranched alkanes of at least 4 members (excludes halogenated alkanes) is 58. The Hall–Kier alpha value is -1.40. The molecule has 0 aromatic carbocycles. The van der Waals surface area contributed by atoms with Crippen molar-refractivity contribution in [1.82, 2.24) is 5.32 Å². The van der Waals surface area contributed by atoms with Crippen molar-refractivity contribution in [1.29, 1.82) is 0 Å². The molecule has 2 atom stereocenters. The SMILES string of the molecule is CCCCCCCCCCCCCCCCCCCCCC(O)C(CO)NC(=O)CCCCCCCCCCCCCCCCC/C=C\CCCCCCCCCCCCCCOC(=O)CCCCCCCCCCCCCCCC. The highest BCUT2D eigenvalue weighted by atomic mass is 16.5. The Balaban J connectivity index is 3.35. The fourth-order valence-corrected chi connectivity index (χ4v) is 12.1. The largest absolute Gasteiger partial charge is 0.466 e. The maximum absolute atomic E-state index is 12.5. The van der Waals surface area contributed by atoms with E-state index >= 15 is 0 Å². The Morgan fingerprint density at radius 1 is 0.333 bits per heavy atom. The molecule has 0 spiro atoms. The van der Waals surface area contributed by atoms with Gasteiger partial charge in [0.1, 0.15) is 0 Å². The minimum absolute atomic E-state index is 0.0211. The average molecular weight is 1140 g/mol. The third kappa shape index (κ3) is 67.6. The van der Waals surface area contributed by atoms with Gasteiger partial charge >= 0.3 is 5.97 Å². The number of ether oxygens (including phenoxy) is 1. The number of aliphatic hydroxyl groups is 2. The van der Waals surface area contributed by atoms with Crippen LogP contribution in [0.5, 0.6) is 0 Å². The van der Waals surface area contributed by atoms with Crippen molar-refractivity contribution in [3.8, 4) is 0 Å². The predicted molar refractivity (Wildman–Crippen MR) is 357 cm³/mol. The quantitative estimate of drug-likeness (QED) is 0.0320. The molecule has 0 aromatic heterocycles. The van der Waals surface area contributed by atoms with Gasteiger partial charge in [-0.25, -0.2) is 0 Å². The molecule has 0 saturated heterocycles. The van der Waals surface area contributed by atoms with Crippen LogP contribution >= 0.6 is 0 Å². The minimum atomic E-state index is -0.663. The molecule has 81 heavy (non-hydrogen) atoms. The molecule has 0 aliphatic heterocycles. The Morgan fingerprint density at radius 2 is 0.580 bits per heavy atom. The van der Waals surface area contributed by atoms with E-state index in [-0.39, 0.29) is 18.5 Å². The summed E-state index contributed by atoms with van der Waals surface area (Å²) in [5.74, 6) is -0.00693. The second kappa shape index (κ2) is 71.1. The smallest absolute Gasteiger partial charge is 0.305 e. The molecule has 0 bridgehead atoms. The lowest BCUT2D eigenvalue weighted by Gasteiger charge is -2.22. The van der Waals surface area contributed by atoms with Gasteiger partial charge in [0.2, 0.25) is 5.91 Å². The van der Waals surface area contributed by atoms with E-state index in [2.05, 4.69) is 31.3 Å². The summed E-state index contributed by atoms with van der Waals surface area (Å²) in [6.07, 6.45) is 88.5. The van der Waals surface area contributed by atoms with E-state index in [9.17, 15) is 19.8 Å². The maximum Gasteiger partial charge on any atom is 0.305 e. The maximum atomic E-state index is 12.5. The number of hydrogen-bond donors (Lipinski definition) is 3. The summed E-state index contributed by atoms with van der Waals surface area (Å²) in [6.45, 7) is 5.00. The van der Waals surface area contributed by atoms with Gasteiger partial charge in [-0.1, -0.05) is 379 Å². The molecule has 0 saturated carbocycles. The van der Waals surface area contributed by atoms with Gasteiger partial charge in [0.15, 0.2) is 0 Å². The summed E-state index contributed by atoms with van der Waals surface area (Å²) in [5, 5.41) is 23.4. The summed E-state index contributed by atoms with van der Waals surface area (Å²) in [5.41, 5.74) is 0. The van der Waals surface area contributed by atoms with E-state index in [0.29, 0.717) is 25.9 Å².